The van der Waals surface area contributed by atoms with E-state index in [0.717, 1.165) is 4.31 Å². The van der Waals surface area contributed by atoms with Crippen LogP contribution in [0.5, 0.6) is 0 Å². The molecule has 0 unspecified atom stereocenters. The predicted molar refractivity (Wildman–Crippen MR) is 70.1 cm³/mol. The van der Waals surface area contributed by atoms with Gasteiger partial charge in [-0.2, -0.15) is 0 Å². The molecule has 0 aliphatic carbocycles. The van der Waals surface area contributed by atoms with Gasteiger partial charge in [0.15, 0.2) is 0 Å². The highest BCUT2D eigenvalue weighted by molar-refractivity contribution is 7.88. The fraction of sp³-hybridized carbons (Fsp3) is 0.417. The number of aliphatic hydroxyl groups excluding tert-OH is 1. The molecule has 0 atom stereocenters. The molecule has 106 valence electrons. The third kappa shape index (κ3) is 4.30. The van der Waals surface area contributed by atoms with Gasteiger partial charge in [0.1, 0.15) is 0 Å². The van der Waals surface area contributed by atoms with Crippen molar-refractivity contribution >= 4 is 16.0 Å². The van der Waals surface area contributed by atoms with Crippen molar-refractivity contribution in [2.75, 3.05) is 27.3 Å². The zero-order valence-electron chi connectivity index (χ0n) is 10.9. The molecule has 7 heteroatoms. The van der Waals surface area contributed by atoms with Gasteiger partial charge < -0.3 is 9.84 Å². The number of ether oxygens (including phenoxy) is 1. The molecule has 1 N–H and O–H groups in total. The summed E-state index contributed by atoms with van der Waals surface area (Å²) >= 11 is 0. The lowest BCUT2D eigenvalue weighted by atomic mass is 10.1. The quantitative estimate of drug-likeness (QED) is 0.757. The molecule has 0 aliphatic rings. The Kier molecular flexibility index (Phi) is 5.46. The van der Waals surface area contributed by atoms with E-state index in [2.05, 4.69) is 4.74 Å². The van der Waals surface area contributed by atoms with Gasteiger partial charge in [-0.25, -0.2) is 17.5 Å². The number of rotatable bonds is 6. The molecular formula is C12H17NO5S. The van der Waals surface area contributed by atoms with Gasteiger partial charge in [-0.1, -0.05) is 12.1 Å². The maximum absolute atomic E-state index is 11.9. The molecule has 0 bridgehead atoms. The number of sulfonamides is 1. The van der Waals surface area contributed by atoms with Crippen LogP contribution in [-0.2, 0) is 20.5 Å². The molecule has 0 amide bonds. The van der Waals surface area contributed by atoms with E-state index in [1.807, 2.05) is 0 Å². The van der Waals surface area contributed by atoms with Gasteiger partial charge in [0.05, 0.1) is 25.0 Å². The Morgan fingerprint density at radius 3 is 2.68 bits per heavy atom. The lowest BCUT2D eigenvalue weighted by molar-refractivity contribution is 0.0600. The summed E-state index contributed by atoms with van der Waals surface area (Å²) in [5.41, 5.74) is 0.799. The average molecular weight is 287 g/mol. The molecule has 0 aromatic heterocycles. The van der Waals surface area contributed by atoms with Gasteiger partial charge in [0.2, 0.25) is 10.0 Å². The Hall–Kier alpha value is -1.44. The number of esters is 1. The largest absolute Gasteiger partial charge is 0.465 e. The van der Waals surface area contributed by atoms with Gasteiger partial charge in [-0.05, 0) is 17.7 Å². The summed E-state index contributed by atoms with van der Waals surface area (Å²) < 4.78 is 29.5. The lowest BCUT2D eigenvalue weighted by Crippen LogP contribution is -2.30. The van der Waals surface area contributed by atoms with E-state index >= 15 is 0 Å². The number of carbonyl (C=O) groups excluding carboxylic acids is 1. The van der Waals surface area contributed by atoms with Crippen LogP contribution in [0, 0.1) is 0 Å². The van der Waals surface area contributed by atoms with E-state index in [1.54, 1.807) is 18.2 Å². The van der Waals surface area contributed by atoms with Crippen LogP contribution < -0.4 is 0 Å². The summed E-state index contributed by atoms with van der Waals surface area (Å²) in [6.45, 7) is -0.197. The van der Waals surface area contributed by atoms with Crippen LogP contribution in [0.1, 0.15) is 15.9 Å². The highest BCUT2D eigenvalue weighted by Gasteiger charge is 2.18. The molecular weight excluding hydrogens is 270 g/mol. The number of likely N-dealkylation sites (N-methyl/N-ethyl adjacent to an activating group) is 1. The summed E-state index contributed by atoms with van der Waals surface area (Å²) in [6.07, 6.45) is 0. The third-order valence-corrected chi connectivity index (χ3v) is 4.42. The van der Waals surface area contributed by atoms with Gasteiger partial charge in [-0.3, -0.25) is 0 Å². The second-order valence-corrected chi connectivity index (χ2v) is 6.07. The first-order valence-electron chi connectivity index (χ1n) is 5.63. The van der Waals surface area contributed by atoms with Crippen molar-refractivity contribution in [1.82, 2.24) is 4.31 Å². The molecule has 1 aromatic rings. The second kappa shape index (κ2) is 6.65. The van der Waals surface area contributed by atoms with Crippen molar-refractivity contribution in [1.29, 1.82) is 0 Å². The van der Waals surface area contributed by atoms with Crippen LogP contribution in [0.3, 0.4) is 0 Å². The Labute approximate surface area is 112 Å². The molecule has 0 saturated carbocycles. The molecule has 0 spiro atoms. The third-order valence-electron chi connectivity index (χ3n) is 2.59. The van der Waals surface area contributed by atoms with Crippen molar-refractivity contribution in [2.24, 2.45) is 0 Å². The number of hydrogen-bond acceptors (Lipinski definition) is 5. The highest BCUT2D eigenvalue weighted by Crippen LogP contribution is 2.12. The normalized spacial score (nSPS) is 11.6. The number of aliphatic hydroxyl groups is 1. The number of benzene rings is 1. The van der Waals surface area contributed by atoms with Crippen LogP contribution in [-0.4, -0.2) is 51.1 Å². The molecule has 0 radical (unpaired) electrons. The van der Waals surface area contributed by atoms with Crippen molar-refractivity contribution in [2.45, 2.75) is 5.75 Å². The maximum Gasteiger partial charge on any atom is 0.337 e. The van der Waals surface area contributed by atoms with Crippen molar-refractivity contribution < 1.29 is 23.1 Å². The lowest BCUT2D eigenvalue weighted by Gasteiger charge is -2.15. The number of carbonyl (C=O) groups is 1. The van der Waals surface area contributed by atoms with E-state index in [9.17, 15) is 13.2 Å². The Bertz CT molecular complexity index is 541. The zero-order chi connectivity index (χ0) is 14.5. The zero-order valence-corrected chi connectivity index (χ0v) is 11.7. The van der Waals surface area contributed by atoms with Crippen molar-refractivity contribution in [3.8, 4) is 0 Å². The van der Waals surface area contributed by atoms with E-state index in [0.29, 0.717) is 11.1 Å². The second-order valence-electron chi connectivity index (χ2n) is 3.99. The van der Waals surface area contributed by atoms with E-state index in [-0.39, 0.29) is 18.9 Å². The number of hydrogen-bond donors (Lipinski definition) is 1. The molecule has 0 aliphatic heterocycles. The Morgan fingerprint density at radius 1 is 1.42 bits per heavy atom. The molecule has 0 saturated heterocycles. The first-order chi connectivity index (χ1) is 8.90. The van der Waals surface area contributed by atoms with Crippen LogP contribution >= 0.6 is 0 Å². The summed E-state index contributed by atoms with van der Waals surface area (Å²) in [5, 5.41) is 8.75. The van der Waals surface area contributed by atoms with Crippen molar-refractivity contribution in [3.05, 3.63) is 35.4 Å². The Morgan fingerprint density at radius 2 is 2.11 bits per heavy atom. The predicted octanol–water partition coefficient (Wildman–Crippen LogP) is 0.227. The first kappa shape index (κ1) is 15.6. The van der Waals surface area contributed by atoms with E-state index in [4.69, 9.17) is 5.11 Å². The summed E-state index contributed by atoms with van der Waals surface area (Å²) in [6, 6.07) is 6.26. The fourth-order valence-corrected chi connectivity index (χ4v) is 2.69. The standard InChI is InChI=1S/C12H17NO5S/c1-13(6-7-14)19(16,17)9-10-4-3-5-11(8-10)12(15)18-2/h3-5,8,14H,6-7,9H2,1-2H3. The Balaban J connectivity index is 2.91. The molecule has 1 aromatic carbocycles. The maximum atomic E-state index is 11.9. The summed E-state index contributed by atoms with van der Waals surface area (Å²) in [5.74, 6) is -0.739. The minimum Gasteiger partial charge on any atom is -0.465 e. The van der Waals surface area contributed by atoms with Crippen LogP contribution in [0.4, 0.5) is 0 Å². The highest BCUT2D eigenvalue weighted by atomic mass is 32.2. The van der Waals surface area contributed by atoms with Crippen LogP contribution in [0.15, 0.2) is 24.3 Å². The van der Waals surface area contributed by atoms with E-state index < -0.39 is 16.0 Å². The van der Waals surface area contributed by atoms with Gasteiger partial charge >= 0.3 is 5.97 Å². The molecule has 0 heterocycles. The van der Waals surface area contributed by atoms with Gasteiger partial charge in [-0.15, -0.1) is 0 Å². The van der Waals surface area contributed by atoms with Crippen molar-refractivity contribution in [3.63, 3.8) is 0 Å². The number of methoxy groups -OCH3 is 1. The summed E-state index contributed by atoms with van der Waals surface area (Å²) in [4.78, 5) is 11.4. The first-order valence-corrected chi connectivity index (χ1v) is 7.23. The van der Waals surface area contributed by atoms with Gasteiger partial charge in [0.25, 0.3) is 0 Å². The molecule has 1 rings (SSSR count). The minimum atomic E-state index is -3.50. The van der Waals surface area contributed by atoms with Crippen LogP contribution in [0.25, 0.3) is 0 Å². The molecule has 6 nitrogen and oxygen atoms in total. The molecule has 19 heavy (non-hydrogen) atoms. The van der Waals surface area contributed by atoms with Gasteiger partial charge in [0, 0.05) is 13.6 Å². The van der Waals surface area contributed by atoms with Crippen LogP contribution in [0.2, 0.25) is 0 Å². The average Bonchev–Trinajstić information content (AvgIpc) is 2.38. The molecule has 0 fully saturated rings. The smallest absolute Gasteiger partial charge is 0.337 e. The number of nitrogens with zero attached hydrogens (tertiary/aromatic N) is 1. The minimum absolute atomic E-state index is 0.0407. The van der Waals surface area contributed by atoms with E-state index in [1.165, 1.54) is 20.2 Å². The fourth-order valence-electron chi connectivity index (χ4n) is 1.51. The summed E-state index contributed by atoms with van der Waals surface area (Å²) in [7, 11) is -0.840. The monoisotopic (exact) mass is 287 g/mol. The SMILES string of the molecule is COC(=O)c1cccc(CS(=O)(=O)N(C)CCO)c1. The topological polar surface area (TPSA) is 83.9 Å².